The van der Waals surface area contributed by atoms with Crippen LogP contribution < -0.4 is 10.1 Å². The fourth-order valence-electron chi connectivity index (χ4n) is 1.69. The molecule has 19 heavy (non-hydrogen) atoms. The number of pyridine rings is 1. The molecule has 4 nitrogen and oxygen atoms in total. The van der Waals surface area contributed by atoms with Crippen LogP contribution in [0, 0.1) is 11.3 Å². The number of ether oxygens (including phenoxy) is 1. The largest absolute Gasteiger partial charge is 0.481 e. The average Bonchev–Trinajstić information content (AvgIpc) is 2.47. The van der Waals surface area contributed by atoms with E-state index in [0.717, 1.165) is 16.9 Å². The van der Waals surface area contributed by atoms with Crippen LogP contribution in [0.1, 0.15) is 11.3 Å². The summed E-state index contributed by atoms with van der Waals surface area (Å²) in [7, 11) is 1.60. The Kier molecular flexibility index (Phi) is 4.35. The molecule has 2 aromatic rings. The van der Waals surface area contributed by atoms with Crippen molar-refractivity contribution in [1.82, 2.24) is 4.98 Å². The van der Waals surface area contributed by atoms with Gasteiger partial charge in [-0.05, 0) is 23.8 Å². The standard InChI is InChI=1S/C15H15N3O/c1-19-15-4-2-3-14(18-15)11-17-13-7-5-12(6-8-13)9-10-16/h2-8,17H,9,11H2,1H3. The highest BCUT2D eigenvalue weighted by molar-refractivity contribution is 5.45. The topological polar surface area (TPSA) is 57.9 Å². The van der Waals surface area contributed by atoms with E-state index in [1.54, 1.807) is 7.11 Å². The summed E-state index contributed by atoms with van der Waals surface area (Å²) < 4.78 is 5.08. The highest BCUT2D eigenvalue weighted by Gasteiger charge is 1.98. The van der Waals surface area contributed by atoms with Gasteiger partial charge in [0.25, 0.3) is 0 Å². The van der Waals surface area contributed by atoms with Crippen LogP contribution in [0.3, 0.4) is 0 Å². The lowest BCUT2D eigenvalue weighted by molar-refractivity contribution is 0.396. The zero-order valence-corrected chi connectivity index (χ0v) is 10.8. The second-order valence-electron chi connectivity index (χ2n) is 4.06. The van der Waals surface area contributed by atoms with Gasteiger partial charge in [0, 0.05) is 11.8 Å². The van der Waals surface area contributed by atoms with Crippen molar-refractivity contribution in [1.29, 1.82) is 5.26 Å². The van der Waals surface area contributed by atoms with Crippen molar-refractivity contribution >= 4 is 5.69 Å². The summed E-state index contributed by atoms with van der Waals surface area (Å²) in [6.45, 7) is 0.634. The highest BCUT2D eigenvalue weighted by atomic mass is 16.5. The van der Waals surface area contributed by atoms with Gasteiger partial charge in [-0.15, -0.1) is 0 Å². The maximum atomic E-state index is 8.60. The van der Waals surface area contributed by atoms with Gasteiger partial charge in [0.15, 0.2) is 0 Å². The number of anilines is 1. The van der Waals surface area contributed by atoms with Gasteiger partial charge in [-0.1, -0.05) is 18.2 Å². The van der Waals surface area contributed by atoms with E-state index in [4.69, 9.17) is 10.00 Å². The van der Waals surface area contributed by atoms with E-state index >= 15 is 0 Å². The molecule has 0 unspecified atom stereocenters. The van der Waals surface area contributed by atoms with Crippen LogP contribution in [0.2, 0.25) is 0 Å². The van der Waals surface area contributed by atoms with Crippen LogP contribution in [0.5, 0.6) is 5.88 Å². The summed E-state index contributed by atoms with van der Waals surface area (Å²) in [6, 6.07) is 15.6. The van der Waals surface area contributed by atoms with Gasteiger partial charge < -0.3 is 10.1 Å². The van der Waals surface area contributed by atoms with Crippen molar-refractivity contribution in [3.05, 3.63) is 53.7 Å². The molecule has 0 aliphatic rings. The third kappa shape index (κ3) is 3.71. The smallest absolute Gasteiger partial charge is 0.213 e. The number of nitrogens with zero attached hydrogens (tertiary/aromatic N) is 2. The van der Waals surface area contributed by atoms with Crippen LogP contribution in [0.4, 0.5) is 5.69 Å². The molecule has 0 aliphatic heterocycles. The summed E-state index contributed by atoms with van der Waals surface area (Å²) in [4.78, 5) is 4.33. The first-order valence-corrected chi connectivity index (χ1v) is 6.01. The normalized spacial score (nSPS) is 9.68. The molecule has 4 heteroatoms. The second kappa shape index (κ2) is 6.41. The van der Waals surface area contributed by atoms with Crippen molar-refractivity contribution in [3.63, 3.8) is 0 Å². The molecule has 0 radical (unpaired) electrons. The molecular weight excluding hydrogens is 238 g/mol. The first kappa shape index (κ1) is 12.9. The predicted octanol–water partition coefficient (Wildman–Crippen LogP) is 2.77. The number of aromatic nitrogens is 1. The lowest BCUT2D eigenvalue weighted by Crippen LogP contribution is -2.02. The Hall–Kier alpha value is -2.54. The van der Waals surface area contributed by atoms with Gasteiger partial charge >= 0.3 is 0 Å². The molecule has 0 amide bonds. The number of hydrogen-bond acceptors (Lipinski definition) is 4. The lowest BCUT2D eigenvalue weighted by atomic mass is 10.1. The van der Waals surface area contributed by atoms with Crippen molar-refractivity contribution in [2.75, 3.05) is 12.4 Å². The minimum Gasteiger partial charge on any atom is -0.481 e. The first-order valence-electron chi connectivity index (χ1n) is 6.01. The van der Waals surface area contributed by atoms with E-state index in [9.17, 15) is 0 Å². The van der Waals surface area contributed by atoms with Crippen LogP contribution in [-0.2, 0) is 13.0 Å². The predicted molar refractivity (Wildman–Crippen MR) is 73.9 cm³/mol. The molecule has 1 aromatic carbocycles. The summed E-state index contributed by atoms with van der Waals surface area (Å²) in [6.07, 6.45) is 0.442. The van der Waals surface area contributed by atoms with Crippen molar-refractivity contribution in [2.45, 2.75) is 13.0 Å². The third-order valence-electron chi connectivity index (χ3n) is 2.70. The molecule has 0 fully saturated rings. The number of nitriles is 1. The molecular formula is C15H15N3O. The van der Waals surface area contributed by atoms with Crippen LogP contribution in [0.15, 0.2) is 42.5 Å². The average molecular weight is 253 g/mol. The second-order valence-corrected chi connectivity index (χ2v) is 4.06. The summed E-state index contributed by atoms with van der Waals surface area (Å²) in [5.41, 5.74) is 2.94. The molecule has 0 saturated heterocycles. The molecule has 0 aliphatic carbocycles. The van der Waals surface area contributed by atoms with Gasteiger partial charge in [-0.2, -0.15) is 5.26 Å². The maximum Gasteiger partial charge on any atom is 0.213 e. The molecule has 0 saturated carbocycles. The molecule has 0 spiro atoms. The Morgan fingerprint density at radius 3 is 2.68 bits per heavy atom. The SMILES string of the molecule is COc1cccc(CNc2ccc(CC#N)cc2)n1. The van der Waals surface area contributed by atoms with E-state index in [0.29, 0.717) is 18.8 Å². The molecule has 1 aromatic heterocycles. The number of nitrogens with one attached hydrogen (secondary N) is 1. The number of rotatable bonds is 5. The van der Waals surface area contributed by atoms with Gasteiger partial charge in [0.2, 0.25) is 5.88 Å². The van der Waals surface area contributed by atoms with E-state index in [2.05, 4.69) is 16.4 Å². The quantitative estimate of drug-likeness (QED) is 0.890. The van der Waals surface area contributed by atoms with Gasteiger partial charge in [0.05, 0.1) is 31.8 Å². The first-order chi connectivity index (χ1) is 9.31. The number of benzene rings is 1. The van der Waals surface area contributed by atoms with Gasteiger partial charge in [-0.3, -0.25) is 0 Å². The van der Waals surface area contributed by atoms with E-state index in [-0.39, 0.29) is 0 Å². The summed E-state index contributed by atoms with van der Waals surface area (Å²) in [5.74, 6) is 0.615. The molecule has 1 heterocycles. The van der Waals surface area contributed by atoms with E-state index in [1.165, 1.54) is 0 Å². The number of methoxy groups -OCH3 is 1. The van der Waals surface area contributed by atoms with Crippen LogP contribution in [-0.4, -0.2) is 12.1 Å². The molecule has 0 atom stereocenters. The van der Waals surface area contributed by atoms with Gasteiger partial charge in [0.1, 0.15) is 0 Å². The van der Waals surface area contributed by atoms with Gasteiger partial charge in [-0.25, -0.2) is 4.98 Å². The minimum absolute atomic E-state index is 0.442. The Labute approximate surface area is 112 Å². The van der Waals surface area contributed by atoms with Crippen molar-refractivity contribution in [2.24, 2.45) is 0 Å². The van der Waals surface area contributed by atoms with E-state index < -0.39 is 0 Å². The monoisotopic (exact) mass is 253 g/mol. The fraction of sp³-hybridized carbons (Fsp3) is 0.200. The van der Waals surface area contributed by atoms with Crippen LogP contribution in [0.25, 0.3) is 0 Å². The highest BCUT2D eigenvalue weighted by Crippen LogP contribution is 2.12. The maximum absolute atomic E-state index is 8.60. The summed E-state index contributed by atoms with van der Waals surface area (Å²) in [5, 5.41) is 11.9. The Bertz CT molecular complexity index is 573. The minimum atomic E-state index is 0.442. The third-order valence-corrected chi connectivity index (χ3v) is 2.70. The Morgan fingerprint density at radius 1 is 1.21 bits per heavy atom. The zero-order valence-electron chi connectivity index (χ0n) is 10.8. The van der Waals surface area contributed by atoms with Crippen molar-refractivity contribution < 1.29 is 4.74 Å². The number of hydrogen-bond donors (Lipinski definition) is 1. The zero-order chi connectivity index (χ0) is 13.5. The molecule has 2 rings (SSSR count). The molecule has 96 valence electrons. The van der Waals surface area contributed by atoms with Crippen molar-refractivity contribution in [3.8, 4) is 11.9 Å². The Morgan fingerprint density at radius 2 is 2.00 bits per heavy atom. The lowest BCUT2D eigenvalue weighted by Gasteiger charge is -2.07. The fourth-order valence-corrected chi connectivity index (χ4v) is 1.69. The Balaban J connectivity index is 1.96. The molecule has 1 N–H and O–H groups in total. The van der Waals surface area contributed by atoms with E-state index in [1.807, 2.05) is 42.5 Å². The molecule has 0 bridgehead atoms. The summed E-state index contributed by atoms with van der Waals surface area (Å²) >= 11 is 0. The van der Waals surface area contributed by atoms with Crippen LogP contribution >= 0.6 is 0 Å².